The van der Waals surface area contributed by atoms with Gasteiger partial charge in [-0.2, -0.15) is 0 Å². The molecule has 7 nitrogen and oxygen atoms in total. The summed E-state index contributed by atoms with van der Waals surface area (Å²) in [6, 6.07) is 0. The van der Waals surface area contributed by atoms with Gasteiger partial charge < -0.3 is 30.3 Å². The fourth-order valence-electron chi connectivity index (χ4n) is 11.1. The maximum absolute atomic E-state index is 12.3. The van der Waals surface area contributed by atoms with Crippen molar-refractivity contribution in [1.82, 2.24) is 0 Å². The molecule has 0 aromatic rings. The average Bonchev–Trinajstić information content (AvgIpc) is 3.47. The Morgan fingerprint density at radius 3 is 1.83 bits per heavy atom. The second kappa shape index (κ2) is 7.22. The molecule has 0 amide bonds. The van der Waals surface area contributed by atoms with Crippen LogP contribution >= 0.6 is 0 Å². The van der Waals surface area contributed by atoms with Gasteiger partial charge in [0.05, 0.1) is 6.61 Å². The minimum atomic E-state index is -3.57. The quantitative estimate of drug-likeness (QED) is 0.170. The lowest BCUT2D eigenvalue weighted by molar-refractivity contribution is -0.419. The van der Waals surface area contributed by atoms with E-state index in [9.17, 15) is 30.3 Å². The minimum absolute atomic E-state index is 0.0126. The Balaban J connectivity index is 1.19. The Labute approximate surface area is 208 Å². The van der Waals surface area contributed by atoms with Crippen LogP contribution in [-0.4, -0.2) is 55.3 Å². The highest BCUT2D eigenvalue weighted by Gasteiger charge is 2.96. The molecular weight excluding hydrogens is 448 g/mol. The van der Waals surface area contributed by atoms with Gasteiger partial charge in [-0.25, -0.2) is 4.79 Å². The van der Waals surface area contributed by atoms with Gasteiger partial charge in [-0.05, 0) is 67.6 Å². The number of aliphatic hydroxyl groups is 5. The molecule has 1 heterocycles. The highest BCUT2D eigenvalue weighted by atomic mass is 16.7. The Hall–Kier alpha value is -0.730. The summed E-state index contributed by atoms with van der Waals surface area (Å²) >= 11 is 0. The molecule has 5 N–H and O–H groups in total. The summed E-state index contributed by atoms with van der Waals surface area (Å²) in [5.74, 6) is -8.46. The van der Waals surface area contributed by atoms with Crippen LogP contribution in [-0.2, 0) is 9.53 Å². The van der Waals surface area contributed by atoms with Gasteiger partial charge in [-0.15, -0.1) is 0 Å². The van der Waals surface area contributed by atoms with Crippen molar-refractivity contribution < 1.29 is 35.1 Å². The molecule has 0 aromatic carbocycles. The van der Waals surface area contributed by atoms with Crippen LogP contribution in [0.25, 0.3) is 0 Å². The van der Waals surface area contributed by atoms with E-state index in [4.69, 9.17) is 4.74 Å². The monoisotopic (exact) mass is 492 g/mol. The molecule has 6 bridgehead atoms. The van der Waals surface area contributed by atoms with Crippen LogP contribution in [0.1, 0.15) is 116 Å². The van der Waals surface area contributed by atoms with E-state index < -0.39 is 34.0 Å². The molecule has 10 fully saturated rings. The average molecular weight is 493 g/mol. The number of hydrogen-bond donors (Lipinski definition) is 5. The predicted molar refractivity (Wildman–Crippen MR) is 127 cm³/mol. The number of unbranched alkanes of at least 4 members (excludes halogenated alkanes) is 8. The molecule has 7 heteroatoms. The van der Waals surface area contributed by atoms with Gasteiger partial charge in [-0.1, -0.05) is 64.7 Å². The highest BCUT2D eigenvalue weighted by Crippen LogP contribution is 2.98. The predicted octanol–water partition coefficient (Wildman–Crippen LogP) is 3.29. The first-order valence-electron chi connectivity index (χ1n) is 14.2. The topological polar surface area (TPSA) is 127 Å². The molecule has 1 saturated heterocycles. The molecule has 35 heavy (non-hydrogen) atoms. The summed E-state index contributed by atoms with van der Waals surface area (Å²) < 4.78 is 5.13. The normalized spacial score (nSPS) is 49.4. The van der Waals surface area contributed by atoms with Crippen molar-refractivity contribution >= 4 is 5.97 Å². The van der Waals surface area contributed by atoms with E-state index in [0.29, 0.717) is 18.3 Å². The van der Waals surface area contributed by atoms with Gasteiger partial charge in [0.2, 0.25) is 0 Å². The first-order chi connectivity index (χ1) is 16.4. The Morgan fingerprint density at radius 1 is 0.686 bits per heavy atom. The fourth-order valence-corrected chi connectivity index (χ4v) is 11.1. The molecule has 9 saturated carbocycles. The van der Waals surface area contributed by atoms with E-state index in [-0.39, 0.29) is 23.9 Å². The van der Waals surface area contributed by atoms with E-state index in [2.05, 4.69) is 6.92 Å². The fraction of sp³-hybridized carbons (Fsp3) is 0.964. The number of hydrogen-bond acceptors (Lipinski definition) is 7. The van der Waals surface area contributed by atoms with E-state index in [1.807, 2.05) is 0 Å². The molecule has 1 atom stereocenters. The molecule has 10 aliphatic rings. The molecule has 2 spiro atoms. The molecule has 0 aromatic heterocycles. The second-order valence-electron chi connectivity index (χ2n) is 14.0. The Bertz CT molecular complexity index is 887. The Morgan fingerprint density at radius 2 is 1.23 bits per heavy atom. The third-order valence-electron chi connectivity index (χ3n) is 12.1. The summed E-state index contributed by atoms with van der Waals surface area (Å²) in [5, 5.41) is 55.3. The minimum Gasteiger partial charge on any atom is -0.461 e. The Kier molecular flexibility index (Phi) is 5.07. The standard InChI is InChI=1S/C28H44O7/c1-2-3-4-5-6-7-8-9-10-11-23-12-21(13-23)14-24(23,15-21)25-16-22(17-25)18-26(25,30)28(33,34)27(31,32)20(29)35-19-22/h30-34H,2-19H2,1H3. The lowest BCUT2D eigenvalue weighted by atomic mass is 9.39. The molecule has 0 radical (unpaired) electrons. The number of rotatable bonds is 11. The van der Waals surface area contributed by atoms with Gasteiger partial charge in [0.25, 0.3) is 5.79 Å². The van der Waals surface area contributed by atoms with Crippen molar-refractivity contribution in [2.24, 2.45) is 27.1 Å². The van der Waals surface area contributed by atoms with Crippen LogP contribution in [0.4, 0.5) is 0 Å². The molecular formula is C28H44O7. The SMILES string of the molecule is CCCCCCCCCCCC12CC3(C1)CC2(C12CC4(COC(=O)C(O)(O)C(O)(O)C1(O)C4)C2)C3. The molecule has 10 rings (SSSR count). The number of esters is 1. The zero-order chi connectivity index (χ0) is 25.0. The third-order valence-corrected chi connectivity index (χ3v) is 12.1. The largest absolute Gasteiger partial charge is 0.461 e. The van der Waals surface area contributed by atoms with Crippen LogP contribution in [0.5, 0.6) is 0 Å². The van der Waals surface area contributed by atoms with Crippen molar-refractivity contribution in [1.29, 1.82) is 0 Å². The zero-order valence-electron chi connectivity index (χ0n) is 21.3. The van der Waals surface area contributed by atoms with E-state index in [0.717, 1.165) is 38.5 Å². The number of carbonyl (C=O) groups is 1. The summed E-state index contributed by atoms with van der Waals surface area (Å²) in [6.07, 6.45) is 18.0. The molecule has 9 aliphatic carbocycles. The van der Waals surface area contributed by atoms with Crippen LogP contribution in [0.3, 0.4) is 0 Å². The molecule has 1 unspecified atom stereocenters. The molecule has 1 aliphatic heterocycles. The van der Waals surface area contributed by atoms with Crippen molar-refractivity contribution in [2.75, 3.05) is 6.61 Å². The summed E-state index contributed by atoms with van der Waals surface area (Å²) in [5.41, 5.74) is -3.32. The van der Waals surface area contributed by atoms with Crippen LogP contribution < -0.4 is 0 Å². The maximum atomic E-state index is 12.3. The second-order valence-corrected chi connectivity index (χ2v) is 14.0. The summed E-state index contributed by atoms with van der Waals surface area (Å²) in [7, 11) is 0. The van der Waals surface area contributed by atoms with E-state index in [1.54, 1.807) is 0 Å². The zero-order valence-corrected chi connectivity index (χ0v) is 21.3. The lowest BCUT2D eigenvalue weighted by Crippen LogP contribution is -2.76. The van der Waals surface area contributed by atoms with Gasteiger partial charge in [0, 0.05) is 10.8 Å². The van der Waals surface area contributed by atoms with Crippen LogP contribution in [0.15, 0.2) is 0 Å². The van der Waals surface area contributed by atoms with Gasteiger partial charge in [0.1, 0.15) is 5.60 Å². The highest BCUT2D eigenvalue weighted by molar-refractivity contribution is 5.79. The molecule has 198 valence electrons. The van der Waals surface area contributed by atoms with Crippen molar-refractivity contribution in [2.45, 2.75) is 133 Å². The first-order valence-corrected chi connectivity index (χ1v) is 14.2. The van der Waals surface area contributed by atoms with Gasteiger partial charge in [0.15, 0.2) is 0 Å². The number of cyclic esters (lactones) is 1. The van der Waals surface area contributed by atoms with Crippen molar-refractivity contribution in [3.05, 3.63) is 0 Å². The summed E-state index contributed by atoms with van der Waals surface area (Å²) in [4.78, 5) is 12.3. The summed E-state index contributed by atoms with van der Waals surface area (Å²) in [6.45, 7) is 2.23. The lowest BCUT2D eigenvalue weighted by Gasteiger charge is -2.65. The van der Waals surface area contributed by atoms with Crippen LogP contribution in [0, 0.1) is 27.1 Å². The number of ether oxygens (including phenoxy) is 1. The van der Waals surface area contributed by atoms with Crippen molar-refractivity contribution in [3.8, 4) is 0 Å². The third kappa shape index (κ3) is 2.68. The van der Waals surface area contributed by atoms with E-state index in [1.165, 1.54) is 51.4 Å². The van der Waals surface area contributed by atoms with Gasteiger partial charge in [-0.3, -0.25) is 0 Å². The van der Waals surface area contributed by atoms with Gasteiger partial charge >= 0.3 is 11.8 Å². The first kappa shape index (κ1) is 24.6. The van der Waals surface area contributed by atoms with Crippen LogP contribution in [0.2, 0.25) is 0 Å². The smallest absolute Gasteiger partial charge is 0.372 e. The number of carbonyl (C=O) groups excluding carboxylic acids is 1. The van der Waals surface area contributed by atoms with E-state index >= 15 is 0 Å². The van der Waals surface area contributed by atoms with Crippen molar-refractivity contribution in [3.63, 3.8) is 0 Å². The maximum Gasteiger partial charge on any atom is 0.372 e.